The van der Waals surface area contributed by atoms with Crippen molar-refractivity contribution in [3.05, 3.63) is 57.5 Å². The van der Waals surface area contributed by atoms with E-state index >= 15 is 0 Å². The van der Waals surface area contributed by atoms with Gasteiger partial charge in [-0.05, 0) is 12.1 Å². The second-order valence-electron chi connectivity index (χ2n) is 8.90. The second kappa shape index (κ2) is 10.7. The van der Waals surface area contributed by atoms with Crippen LogP contribution >= 0.6 is 11.8 Å². The number of aliphatic hydroxyl groups excluding tert-OH is 1. The summed E-state index contributed by atoms with van der Waals surface area (Å²) in [4.78, 5) is 33.3. The van der Waals surface area contributed by atoms with Gasteiger partial charge >= 0.3 is 5.69 Å². The van der Waals surface area contributed by atoms with Gasteiger partial charge in [-0.1, -0.05) is 18.2 Å². The van der Waals surface area contributed by atoms with Crippen LogP contribution in [0, 0.1) is 0 Å². The Labute approximate surface area is 197 Å². The Morgan fingerprint density at radius 1 is 1.06 bits per heavy atom. The van der Waals surface area contributed by atoms with E-state index in [1.54, 1.807) is 22.8 Å². The Morgan fingerprint density at radius 3 is 2.48 bits per heavy atom. The molecule has 1 aliphatic rings. The van der Waals surface area contributed by atoms with Gasteiger partial charge in [0.15, 0.2) is 11.2 Å². The normalized spacial score (nSPS) is 19.7. The summed E-state index contributed by atoms with van der Waals surface area (Å²) in [6.45, 7) is 6.45. The summed E-state index contributed by atoms with van der Waals surface area (Å²) in [6.07, 6.45) is 2.17. The summed E-state index contributed by atoms with van der Waals surface area (Å²) in [5, 5.41) is 10.7. The van der Waals surface area contributed by atoms with Gasteiger partial charge in [-0.25, -0.2) is 9.78 Å². The van der Waals surface area contributed by atoms with Crippen LogP contribution in [-0.4, -0.2) is 74.9 Å². The third-order valence-corrected chi connectivity index (χ3v) is 7.60. The molecule has 1 atom stereocenters. The average molecular weight is 475 g/mol. The second-order valence-corrected chi connectivity index (χ2v) is 10.1. The molecule has 3 N–H and O–H groups in total. The number of aromatic nitrogens is 4. The third-order valence-electron chi connectivity index (χ3n) is 6.50. The van der Waals surface area contributed by atoms with E-state index in [2.05, 4.69) is 35.3 Å². The van der Waals surface area contributed by atoms with Crippen LogP contribution in [0.25, 0.3) is 11.2 Å². The maximum atomic E-state index is 12.6. The summed E-state index contributed by atoms with van der Waals surface area (Å²) in [7, 11) is 3.06. The first kappa shape index (κ1) is 23.7. The quantitative estimate of drug-likeness (QED) is 0.241. The molecule has 1 fully saturated rings. The number of hydrogen-bond donors (Lipinski definition) is 3. The van der Waals surface area contributed by atoms with Crippen molar-refractivity contribution in [2.24, 2.45) is 14.1 Å². The van der Waals surface area contributed by atoms with E-state index in [9.17, 15) is 14.7 Å². The minimum absolute atomic E-state index is 0.292. The summed E-state index contributed by atoms with van der Waals surface area (Å²) < 4.78 is 4.12. The molecule has 178 valence electrons. The first-order valence-corrected chi connectivity index (χ1v) is 12.6. The number of aryl methyl sites for hydroxylation is 1. The van der Waals surface area contributed by atoms with Gasteiger partial charge < -0.3 is 19.5 Å². The molecule has 33 heavy (non-hydrogen) atoms. The number of nitrogens with one attached hydrogen (secondary N) is 2. The predicted octanol–water partition coefficient (Wildman–Crippen LogP) is -2.24. The number of quaternary nitrogens is 2. The van der Waals surface area contributed by atoms with E-state index in [1.807, 2.05) is 11.8 Å². The van der Waals surface area contributed by atoms with Crippen LogP contribution < -0.4 is 21.0 Å². The lowest BCUT2D eigenvalue weighted by Gasteiger charge is -2.30. The molecule has 0 bridgehead atoms. The first-order valence-electron chi connectivity index (χ1n) is 11.6. The van der Waals surface area contributed by atoms with Crippen molar-refractivity contribution in [1.29, 1.82) is 0 Å². The molecule has 0 radical (unpaired) electrons. The fraction of sp³-hybridized carbons (Fsp3) is 0.522. The fourth-order valence-electron chi connectivity index (χ4n) is 4.60. The number of aliphatic hydroxyl groups is 1. The summed E-state index contributed by atoms with van der Waals surface area (Å²) in [5.74, 6) is 1.15. The van der Waals surface area contributed by atoms with Gasteiger partial charge in [0.1, 0.15) is 38.8 Å². The van der Waals surface area contributed by atoms with E-state index in [0.29, 0.717) is 24.3 Å². The minimum Gasteiger partial charge on any atom is -0.385 e. The molecule has 1 saturated heterocycles. The van der Waals surface area contributed by atoms with Crippen LogP contribution in [0.15, 0.2) is 51.1 Å². The first-order chi connectivity index (χ1) is 15.9. The lowest BCUT2D eigenvalue weighted by Crippen LogP contribution is -3.28. The van der Waals surface area contributed by atoms with Crippen molar-refractivity contribution in [3.8, 4) is 0 Å². The lowest BCUT2D eigenvalue weighted by atomic mass is 10.2. The summed E-state index contributed by atoms with van der Waals surface area (Å²) in [5.41, 5.74) is -0.0730. The highest BCUT2D eigenvalue weighted by atomic mass is 32.2. The molecular formula is C23H34N6O3S+2. The van der Waals surface area contributed by atoms with Crippen molar-refractivity contribution in [3.63, 3.8) is 0 Å². The Kier molecular flexibility index (Phi) is 7.69. The molecule has 3 heterocycles. The van der Waals surface area contributed by atoms with Crippen LogP contribution in [0.5, 0.6) is 0 Å². The molecule has 4 rings (SSSR count). The highest BCUT2D eigenvalue weighted by Crippen LogP contribution is 2.17. The smallest absolute Gasteiger partial charge is 0.332 e. The van der Waals surface area contributed by atoms with E-state index in [0.717, 1.165) is 36.5 Å². The Hall–Kier alpha value is -2.40. The van der Waals surface area contributed by atoms with Gasteiger partial charge in [0.25, 0.3) is 5.56 Å². The average Bonchev–Trinajstić information content (AvgIpc) is 3.24. The number of thioether (sulfide) groups is 1. The van der Waals surface area contributed by atoms with Gasteiger partial charge in [0, 0.05) is 31.2 Å². The number of fused-ring (bicyclic) bond motifs is 1. The molecular weight excluding hydrogens is 440 g/mol. The van der Waals surface area contributed by atoms with Crippen LogP contribution in [0.2, 0.25) is 0 Å². The van der Waals surface area contributed by atoms with Gasteiger partial charge in [-0.3, -0.25) is 13.9 Å². The maximum Gasteiger partial charge on any atom is 0.332 e. The SMILES string of the molecule is Cn1c(=O)c2c(ncn2C[C@@H](O)C[NH+]2CC[NH+](CCCSc3ccccc3)CC2)n(C)c1=O. The zero-order chi connectivity index (χ0) is 23.4. The van der Waals surface area contributed by atoms with E-state index in [1.165, 1.54) is 34.4 Å². The minimum atomic E-state index is -0.580. The number of benzene rings is 1. The van der Waals surface area contributed by atoms with Crippen LogP contribution in [0.4, 0.5) is 0 Å². The summed E-state index contributed by atoms with van der Waals surface area (Å²) >= 11 is 1.92. The van der Waals surface area contributed by atoms with E-state index < -0.39 is 11.8 Å². The molecule has 0 unspecified atom stereocenters. The highest BCUT2D eigenvalue weighted by Gasteiger charge is 2.25. The molecule has 1 aliphatic heterocycles. The zero-order valence-electron chi connectivity index (χ0n) is 19.4. The molecule has 3 aromatic rings. The van der Waals surface area contributed by atoms with Gasteiger partial charge in [-0.2, -0.15) is 0 Å². The topological polar surface area (TPSA) is 90.9 Å². The molecule has 10 heteroatoms. The molecule has 0 amide bonds. The summed E-state index contributed by atoms with van der Waals surface area (Å²) in [6, 6.07) is 10.5. The molecule has 1 aromatic carbocycles. The van der Waals surface area contributed by atoms with Crippen molar-refractivity contribution in [1.82, 2.24) is 18.7 Å². The molecule has 2 aromatic heterocycles. The third kappa shape index (κ3) is 5.57. The lowest BCUT2D eigenvalue weighted by molar-refractivity contribution is -1.01. The van der Waals surface area contributed by atoms with Crippen molar-refractivity contribution in [2.75, 3.05) is 45.0 Å². The number of piperazine rings is 1. The Balaban J connectivity index is 1.23. The monoisotopic (exact) mass is 474 g/mol. The van der Waals surface area contributed by atoms with Crippen molar-refractivity contribution in [2.45, 2.75) is 24.0 Å². The molecule has 9 nitrogen and oxygen atoms in total. The van der Waals surface area contributed by atoms with Crippen LogP contribution in [0.1, 0.15) is 6.42 Å². The maximum absolute atomic E-state index is 12.6. The molecule has 0 saturated carbocycles. The predicted molar refractivity (Wildman–Crippen MR) is 129 cm³/mol. The fourth-order valence-corrected chi connectivity index (χ4v) is 5.47. The standard InChI is InChI=1S/C23H32N6O3S/c1-25-21-20(22(31)26(2)23(25)32)29(17-24-21)16-18(30)15-28-12-10-27(11-13-28)9-6-14-33-19-7-4-3-5-8-19/h3-5,7-8,17-18,30H,6,9-16H2,1-2H3/p+2/t18-/m0/s1. The zero-order valence-corrected chi connectivity index (χ0v) is 20.2. The molecule has 0 aliphatic carbocycles. The van der Waals surface area contributed by atoms with Gasteiger partial charge in [0.2, 0.25) is 0 Å². The molecule has 0 spiro atoms. The number of rotatable bonds is 9. The van der Waals surface area contributed by atoms with Crippen LogP contribution in [0.3, 0.4) is 0 Å². The van der Waals surface area contributed by atoms with Crippen molar-refractivity contribution < 1.29 is 14.9 Å². The number of imidazole rings is 1. The number of hydrogen-bond acceptors (Lipinski definition) is 5. The van der Waals surface area contributed by atoms with Gasteiger partial charge in [-0.15, -0.1) is 11.8 Å². The Morgan fingerprint density at radius 2 is 1.76 bits per heavy atom. The van der Waals surface area contributed by atoms with Crippen molar-refractivity contribution >= 4 is 22.9 Å². The van der Waals surface area contributed by atoms with E-state index in [4.69, 9.17) is 0 Å². The number of nitrogens with zero attached hydrogens (tertiary/aromatic N) is 4. The van der Waals surface area contributed by atoms with Gasteiger partial charge in [0.05, 0.1) is 19.4 Å². The largest absolute Gasteiger partial charge is 0.385 e. The van der Waals surface area contributed by atoms with Crippen LogP contribution in [-0.2, 0) is 20.6 Å². The van der Waals surface area contributed by atoms with E-state index in [-0.39, 0.29) is 5.56 Å². The Bertz CT molecular complexity index is 1180. The highest BCUT2D eigenvalue weighted by molar-refractivity contribution is 7.99.